The first-order chi connectivity index (χ1) is 12.3. The van der Waals surface area contributed by atoms with E-state index in [4.69, 9.17) is 4.74 Å². The van der Waals surface area contributed by atoms with Crippen LogP contribution in [0.5, 0.6) is 5.75 Å². The maximum atomic E-state index is 12.3. The summed E-state index contributed by atoms with van der Waals surface area (Å²) in [7, 11) is 0. The van der Waals surface area contributed by atoms with E-state index in [1.54, 1.807) is 0 Å². The molecular formula is C14H14N4O8. The second-order valence-corrected chi connectivity index (χ2v) is 6.12. The van der Waals surface area contributed by atoms with Gasteiger partial charge in [-0.1, -0.05) is 0 Å². The number of nitro benzene ring substituents is 3. The lowest BCUT2D eigenvalue weighted by molar-refractivity contribution is -0.404. The third kappa shape index (κ3) is 3.06. The molecule has 0 aromatic heterocycles. The van der Waals surface area contributed by atoms with Gasteiger partial charge in [0.15, 0.2) is 5.78 Å². The van der Waals surface area contributed by atoms with Crippen molar-refractivity contribution in [3.63, 3.8) is 0 Å². The summed E-state index contributed by atoms with van der Waals surface area (Å²) >= 11 is 0. The van der Waals surface area contributed by atoms with Crippen molar-refractivity contribution in [1.29, 1.82) is 0 Å². The van der Waals surface area contributed by atoms with E-state index >= 15 is 0 Å². The van der Waals surface area contributed by atoms with E-state index in [-0.39, 0.29) is 18.3 Å². The number of piperidine rings is 3. The molecule has 1 aromatic carbocycles. The summed E-state index contributed by atoms with van der Waals surface area (Å²) in [5.74, 6) is -0.814. The van der Waals surface area contributed by atoms with Crippen LogP contribution in [0.1, 0.15) is 12.8 Å². The second-order valence-electron chi connectivity index (χ2n) is 6.12. The first kappa shape index (κ1) is 17.7. The SMILES string of the molecule is O=C1C2CCN(CC2)C1COc1c([N+](=O)[O-])cc([N+](=O)[O-])cc1[N+](=O)[O-]. The van der Waals surface area contributed by atoms with Gasteiger partial charge in [-0.25, -0.2) is 0 Å². The average molecular weight is 366 g/mol. The van der Waals surface area contributed by atoms with E-state index in [9.17, 15) is 35.1 Å². The summed E-state index contributed by atoms with van der Waals surface area (Å²) in [4.78, 5) is 44.6. The van der Waals surface area contributed by atoms with Gasteiger partial charge in [0.05, 0.1) is 26.9 Å². The number of fused-ring (bicyclic) bond motifs is 3. The molecule has 3 saturated heterocycles. The van der Waals surface area contributed by atoms with E-state index < -0.39 is 43.6 Å². The summed E-state index contributed by atoms with van der Waals surface area (Å²) in [6.45, 7) is 1.10. The molecule has 0 aliphatic carbocycles. The van der Waals surface area contributed by atoms with Crippen LogP contribution in [-0.2, 0) is 4.79 Å². The van der Waals surface area contributed by atoms with E-state index in [0.29, 0.717) is 25.2 Å². The average Bonchev–Trinajstić information content (AvgIpc) is 2.61. The van der Waals surface area contributed by atoms with Crippen LogP contribution in [0, 0.1) is 36.3 Å². The van der Waals surface area contributed by atoms with Gasteiger partial charge in [-0.3, -0.25) is 40.0 Å². The first-order valence-electron chi connectivity index (χ1n) is 7.81. The van der Waals surface area contributed by atoms with Gasteiger partial charge in [-0.05, 0) is 25.9 Å². The van der Waals surface area contributed by atoms with E-state index in [1.165, 1.54) is 0 Å². The zero-order chi connectivity index (χ0) is 19.0. The molecule has 12 nitrogen and oxygen atoms in total. The van der Waals surface area contributed by atoms with Crippen LogP contribution < -0.4 is 4.74 Å². The highest BCUT2D eigenvalue weighted by Gasteiger charge is 2.42. The highest BCUT2D eigenvalue weighted by molar-refractivity contribution is 5.88. The Labute approximate surface area is 145 Å². The molecule has 3 heterocycles. The minimum absolute atomic E-state index is 0.0466. The molecule has 3 aliphatic heterocycles. The molecule has 26 heavy (non-hydrogen) atoms. The van der Waals surface area contributed by atoms with Gasteiger partial charge in [-0.15, -0.1) is 0 Å². The van der Waals surface area contributed by atoms with Crippen LogP contribution in [0.2, 0.25) is 0 Å². The van der Waals surface area contributed by atoms with Crippen LogP contribution in [0.25, 0.3) is 0 Å². The Morgan fingerprint density at radius 3 is 1.96 bits per heavy atom. The molecule has 0 amide bonds. The lowest BCUT2D eigenvalue weighted by atomic mass is 9.82. The van der Waals surface area contributed by atoms with Gasteiger partial charge in [0.1, 0.15) is 12.6 Å². The second kappa shape index (κ2) is 6.63. The third-order valence-electron chi connectivity index (χ3n) is 4.73. The van der Waals surface area contributed by atoms with Crippen LogP contribution >= 0.6 is 0 Å². The monoisotopic (exact) mass is 366 g/mol. The number of rotatable bonds is 6. The Hall–Kier alpha value is -3.15. The van der Waals surface area contributed by atoms with Crippen molar-refractivity contribution in [2.24, 2.45) is 5.92 Å². The van der Waals surface area contributed by atoms with Crippen molar-refractivity contribution in [1.82, 2.24) is 4.90 Å². The number of Topliss-reactive ketones (excluding diaryl/α,β-unsaturated/α-hetero) is 1. The number of nitro groups is 3. The Morgan fingerprint density at radius 1 is 1.00 bits per heavy atom. The molecule has 1 aromatic rings. The zero-order valence-corrected chi connectivity index (χ0v) is 13.4. The van der Waals surface area contributed by atoms with E-state index in [0.717, 1.165) is 12.8 Å². The predicted molar refractivity (Wildman–Crippen MR) is 85.0 cm³/mol. The van der Waals surface area contributed by atoms with Crippen molar-refractivity contribution in [3.05, 3.63) is 42.5 Å². The molecule has 138 valence electrons. The number of ketones is 1. The molecule has 0 saturated carbocycles. The van der Waals surface area contributed by atoms with Gasteiger partial charge < -0.3 is 4.74 Å². The topological polar surface area (TPSA) is 159 Å². The number of carbonyl (C=O) groups excluding carboxylic acids is 1. The number of hydrogen-bond acceptors (Lipinski definition) is 9. The molecule has 0 spiro atoms. The molecule has 12 heteroatoms. The van der Waals surface area contributed by atoms with Crippen LogP contribution in [0.4, 0.5) is 17.1 Å². The van der Waals surface area contributed by atoms with E-state index in [2.05, 4.69) is 0 Å². The molecule has 3 aliphatic rings. The quantitative estimate of drug-likeness (QED) is 0.536. The summed E-state index contributed by atoms with van der Waals surface area (Å²) < 4.78 is 5.32. The van der Waals surface area contributed by atoms with Gasteiger partial charge in [0.25, 0.3) is 11.4 Å². The van der Waals surface area contributed by atoms with Crippen molar-refractivity contribution < 1.29 is 24.3 Å². The predicted octanol–water partition coefficient (Wildman–Crippen LogP) is 1.45. The summed E-state index contributed by atoms with van der Waals surface area (Å²) in [6, 6.07) is 0.589. The van der Waals surface area contributed by atoms with Gasteiger partial charge >= 0.3 is 11.4 Å². The normalized spacial score (nSPS) is 24.3. The van der Waals surface area contributed by atoms with Crippen molar-refractivity contribution in [3.8, 4) is 5.75 Å². The third-order valence-corrected chi connectivity index (χ3v) is 4.73. The van der Waals surface area contributed by atoms with Gasteiger partial charge in [0.2, 0.25) is 0 Å². The Balaban J connectivity index is 1.93. The maximum absolute atomic E-state index is 12.3. The Morgan fingerprint density at radius 2 is 1.54 bits per heavy atom. The van der Waals surface area contributed by atoms with Crippen molar-refractivity contribution in [2.75, 3.05) is 19.7 Å². The lowest BCUT2D eigenvalue weighted by Crippen LogP contribution is -2.57. The highest BCUT2D eigenvalue weighted by Crippen LogP contribution is 2.41. The molecule has 4 rings (SSSR count). The van der Waals surface area contributed by atoms with Gasteiger partial charge in [-0.2, -0.15) is 0 Å². The van der Waals surface area contributed by atoms with Crippen LogP contribution in [0.3, 0.4) is 0 Å². The summed E-state index contributed by atoms with van der Waals surface area (Å²) in [5.41, 5.74) is -2.55. The Kier molecular flexibility index (Phi) is 4.50. The standard InChI is InChI=1S/C14H14N4O8/c19-13-8-1-3-15(4-2-8)12(13)7-26-14-10(17(22)23)5-9(16(20)21)6-11(14)18(24)25/h5-6,8,12H,1-4,7H2. The number of benzene rings is 1. The molecule has 0 radical (unpaired) electrons. The molecular weight excluding hydrogens is 352 g/mol. The summed E-state index contributed by atoms with van der Waals surface area (Å²) in [5, 5.41) is 33.3. The van der Waals surface area contributed by atoms with Crippen molar-refractivity contribution >= 4 is 22.8 Å². The molecule has 2 bridgehead atoms. The smallest absolute Gasteiger partial charge is 0.325 e. The highest BCUT2D eigenvalue weighted by atomic mass is 16.6. The lowest BCUT2D eigenvalue weighted by Gasteiger charge is -2.43. The number of non-ortho nitro benzene ring substituents is 1. The number of nitrogens with zero attached hydrogens (tertiary/aromatic N) is 4. The van der Waals surface area contributed by atoms with Gasteiger partial charge in [0, 0.05) is 5.92 Å². The van der Waals surface area contributed by atoms with Crippen LogP contribution in [0.15, 0.2) is 12.1 Å². The largest absolute Gasteiger partial charge is 0.480 e. The first-order valence-corrected chi connectivity index (χ1v) is 7.81. The molecule has 3 fully saturated rings. The number of carbonyl (C=O) groups is 1. The number of ether oxygens (including phenoxy) is 1. The molecule has 1 unspecified atom stereocenters. The summed E-state index contributed by atoms with van der Waals surface area (Å²) in [6.07, 6.45) is 1.49. The molecule has 0 N–H and O–H groups in total. The number of hydrogen-bond donors (Lipinski definition) is 0. The minimum Gasteiger partial charge on any atom is -0.480 e. The fraction of sp³-hybridized carbons (Fsp3) is 0.500. The fourth-order valence-corrected chi connectivity index (χ4v) is 3.41. The van der Waals surface area contributed by atoms with E-state index in [1.807, 2.05) is 4.90 Å². The fourth-order valence-electron chi connectivity index (χ4n) is 3.41. The Bertz CT molecular complexity index is 767. The zero-order valence-electron chi connectivity index (χ0n) is 13.4. The maximum Gasteiger partial charge on any atom is 0.325 e. The van der Waals surface area contributed by atoms with Crippen LogP contribution in [-0.4, -0.2) is 51.2 Å². The molecule has 1 atom stereocenters. The minimum atomic E-state index is -0.982. The van der Waals surface area contributed by atoms with Crippen molar-refractivity contribution in [2.45, 2.75) is 18.9 Å².